The second kappa shape index (κ2) is 11.9. The van der Waals surface area contributed by atoms with Gasteiger partial charge in [-0.2, -0.15) is 0 Å². The van der Waals surface area contributed by atoms with E-state index in [1.54, 1.807) is 11.3 Å². The fourth-order valence-electron chi connectivity index (χ4n) is 8.13. The van der Waals surface area contributed by atoms with Gasteiger partial charge in [-0.3, -0.25) is 9.69 Å². The Morgan fingerprint density at radius 2 is 1.66 bits per heavy atom. The molecule has 2 amide bonds. The van der Waals surface area contributed by atoms with Crippen molar-refractivity contribution >= 4 is 33.4 Å². The van der Waals surface area contributed by atoms with Gasteiger partial charge in [-0.25, -0.2) is 4.79 Å². The van der Waals surface area contributed by atoms with E-state index in [1.807, 2.05) is 9.80 Å². The van der Waals surface area contributed by atoms with Crippen molar-refractivity contribution in [1.82, 2.24) is 25.0 Å². The van der Waals surface area contributed by atoms with E-state index in [4.69, 9.17) is 4.74 Å². The zero-order chi connectivity index (χ0) is 30.6. The molecule has 4 fully saturated rings. The molecule has 8 nitrogen and oxygen atoms in total. The lowest BCUT2D eigenvalue weighted by atomic mass is 9.76. The molecule has 3 atom stereocenters. The van der Waals surface area contributed by atoms with E-state index >= 15 is 0 Å². The molecule has 2 N–H and O–H groups in total. The number of Topliss-reactive ketones (excluding diaryl/α,β-unsaturated/α-hetero) is 1. The first-order valence-corrected chi connectivity index (χ1v) is 17.4. The summed E-state index contributed by atoms with van der Waals surface area (Å²) in [7, 11) is 0. The second-order valence-electron chi connectivity index (χ2n) is 14.0. The Balaban J connectivity index is 1.12. The standard InChI is InChI=1S/C35H47N5O3S/c1-22-17-23(2)19-25(18-22)31-26(7-8-38-9-11-39(12-10-38)34(42)40-13-15-43-16-14-40)27-20-29(44-33(27)37-31)35(3,4)32(41)30-24-5-6-28(30)36-21-24/h17-20,24,28,30,36-37H,5-16,21H2,1-4H3. The topological polar surface area (TPSA) is 80.9 Å². The van der Waals surface area contributed by atoms with Crippen LogP contribution in [-0.2, 0) is 21.4 Å². The minimum absolute atomic E-state index is 0.143. The van der Waals surface area contributed by atoms with Gasteiger partial charge in [-0.1, -0.05) is 17.2 Å². The SMILES string of the molecule is Cc1cc(C)cc(-c2[nH]c3sc(C(C)(C)C(=O)C4C5CCC4NC5)cc3c2CCN2CCN(C(=O)N3CCOCC3)CC2)c1. The Labute approximate surface area is 265 Å². The van der Waals surface area contributed by atoms with Crippen molar-refractivity contribution in [1.29, 1.82) is 0 Å². The van der Waals surface area contributed by atoms with Crippen LogP contribution in [0.1, 0.15) is 48.3 Å². The van der Waals surface area contributed by atoms with E-state index in [9.17, 15) is 9.59 Å². The number of aryl methyl sites for hydroxylation is 2. The number of ether oxygens (including phenoxy) is 1. The number of ketones is 1. The largest absolute Gasteiger partial charge is 0.378 e. The van der Waals surface area contributed by atoms with Gasteiger partial charge in [0.25, 0.3) is 0 Å². The van der Waals surface area contributed by atoms with Crippen LogP contribution in [0.15, 0.2) is 24.3 Å². The number of aromatic amines is 1. The maximum Gasteiger partial charge on any atom is 0.320 e. The number of carbonyl (C=O) groups excluding carboxylic acids is 2. The molecule has 1 aromatic carbocycles. The van der Waals surface area contributed by atoms with Crippen molar-refractivity contribution in [2.75, 3.05) is 65.6 Å². The summed E-state index contributed by atoms with van der Waals surface area (Å²) < 4.78 is 5.43. The molecule has 7 rings (SSSR count). The number of nitrogens with one attached hydrogen (secondary N) is 2. The summed E-state index contributed by atoms with van der Waals surface area (Å²) in [6.45, 7) is 16.5. The molecule has 3 saturated heterocycles. The highest BCUT2D eigenvalue weighted by Gasteiger charge is 2.50. The van der Waals surface area contributed by atoms with Crippen LogP contribution in [0.5, 0.6) is 0 Å². The van der Waals surface area contributed by atoms with Gasteiger partial charge in [0.05, 0.1) is 24.3 Å². The number of hydrogen-bond acceptors (Lipinski definition) is 6. The Morgan fingerprint density at radius 3 is 2.30 bits per heavy atom. The van der Waals surface area contributed by atoms with Crippen LogP contribution in [0.25, 0.3) is 21.5 Å². The molecule has 1 aliphatic carbocycles. The number of urea groups is 1. The van der Waals surface area contributed by atoms with Crippen LogP contribution in [0, 0.1) is 25.7 Å². The predicted octanol–water partition coefficient (Wildman–Crippen LogP) is 4.97. The average molecular weight is 618 g/mol. The number of aromatic nitrogens is 1. The van der Waals surface area contributed by atoms with E-state index in [1.165, 1.54) is 49.5 Å². The highest BCUT2D eigenvalue weighted by molar-refractivity contribution is 7.19. The quantitative estimate of drug-likeness (QED) is 0.392. The third-order valence-electron chi connectivity index (χ3n) is 10.7. The van der Waals surface area contributed by atoms with E-state index in [2.05, 4.69) is 67.2 Å². The minimum Gasteiger partial charge on any atom is -0.378 e. The zero-order valence-electron chi connectivity index (χ0n) is 26.7. The average Bonchev–Trinajstić information content (AvgIpc) is 3.80. The second-order valence-corrected chi connectivity index (χ2v) is 15.1. The number of rotatable bonds is 7. The normalized spacial score (nSPS) is 24.5. The predicted molar refractivity (Wildman–Crippen MR) is 177 cm³/mol. The van der Waals surface area contributed by atoms with Crippen LogP contribution in [0.3, 0.4) is 0 Å². The Hall–Kier alpha value is -2.72. The first-order chi connectivity index (χ1) is 21.2. The number of nitrogens with zero attached hydrogens (tertiary/aromatic N) is 3. The zero-order valence-corrected chi connectivity index (χ0v) is 27.5. The lowest BCUT2D eigenvalue weighted by molar-refractivity contribution is -0.128. The van der Waals surface area contributed by atoms with Crippen molar-refractivity contribution in [2.24, 2.45) is 11.8 Å². The molecule has 3 aromatic rings. The van der Waals surface area contributed by atoms with Crippen LogP contribution >= 0.6 is 11.3 Å². The summed E-state index contributed by atoms with van der Waals surface area (Å²) in [6, 6.07) is 9.61. The summed E-state index contributed by atoms with van der Waals surface area (Å²) in [5, 5.41) is 4.85. The number of morpholine rings is 1. The Morgan fingerprint density at radius 1 is 0.955 bits per heavy atom. The lowest BCUT2D eigenvalue weighted by Crippen LogP contribution is -2.54. The number of H-pyrrole nitrogens is 1. The molecule has 3 aliphatic heterocycles. The first kappa shape index (κ1) is 30.0. The Kier molecular flexibility index (Phi) is 8.10. The summed E-state index contributed by atoms with van der Waals surface area (Å²) in [5.74, 6) is 1.04. The summed E-state index contributed by atoms with van der Waals surface area (Å²) in [4.78, 5) is 39.6. The van der Waals surface area contributed by atoms with Crippen molar-refractivity contribution in [3.8, 4) is 11.3 Å². The van der Waals surface area contributed by atoms with Crippen molar-refractivity contribution < 1.29 is 14.3 Å². The molecule has 2 aromatic heterocycles. The van der Waals surface area contributed by atoms with Crippen molar-refractivity contribution in [3.05, 3.63) is 45.8 Å². The number of benzene rings is 1. The number of thiophene rings is 1. The molecule has 9 heteroatoms. The number of fused-ring (bicyclic) bond motifs is 3. The summed E-state index contributed by atoms with van der Waals surface area (Å²) in [6.07, 6.45) is 3.22. The highest BCUT2D eigenvalue weighted by Crippen LogP contribution is 2.45. The fraction of sp³-hybridized carbons (Fsp3) is 0.600. The van der Waals surface area contributed by atoms with Gasteiger partial charge in [0.15, 0.2) is 0 Å². The highest BCUT2D eigenvalue weighted by atomic mass is 32.1. The summed E-state index contributed by atoms with van der Waals surface area (Å²) >= 11 is 1.76. The molecular weight excluding hydrogens is 570 g/mol. The number of hydrogen-bond donors (Lipinski definition) is 2. The Bertz CT molecular complexity index is 1500. The van der Waals surface area contributed by atoms with E-state index in [-0.39, 0.29) is 11.9 Å². The van der Waals surface area contributed by atoms with Gasteiger partial charge in [0.1, 0.15) is 10.6 Å². The van der Waals surface area contributed by atoms with E-state index < -0.39 is 5.41 Å². The molecule has 0 spiro atoms. The summed E-state index contributed by atoms with van der Waals surface area (Å²) in [5.41, 5.74) is 5.78. The van der Waals surface area contributed by atoms with Crippen molar-refractivity contribution in [2.45, 2.75) is 58.4 Å². The van der Waals surface area contributed by atoms with Crippen LogP contribution in [0.2, 0.25) is 0 Å². The van der Waals surface area contributed by atoms with Gasteiger partial charge in [0.2, 0.25) is 0 Å². The van der Waals surface area contributed by atoms with Gasteiger partial charge in [-0.15, -0.1) is 11.3 Å². The molecule has 44 heavy (non-hydrogen) atoms. The van der Waals surface area contributed by atoms with Gasteiger partial charge >= 0.3 is 6.03 Å². The molecule has 0 radical (unpaired) electrons. The van der Waals surface area contributed by atoms with Crippen LogP contribution in [0.4, 0.5) is 4.79 Å². The monoisotopic (exact) mass is 617 g/mol. The molecule has 2 bridgehead atoms. The van der Waals surface area contributed by atoms with Crippen LogP contribution in [-0.4, -0.2) is 103 Å². The molecule has 236 valence electrons. The van der Waals surface area contributed by atoms with Gasteiger partial charge < -0.3 is 24.8 Å². The maximum absolute atomic E-state index is 14.0. The molecular formula is C35H47N5O3S. The molecule has 4 aliphatic rings. The van der Waals surface area contributed by atoms with Crippen molar-refractivity contribution in [3.63, 3.8) is 0 Å². The van der Waals surface area contributed by atoms with E-state index in [0.29, 0.717) is 44.0 Å². The lowest BCUT2D eigenvalue weighted by Gasteiger charge is -2.38. The third kappa shape index (κ3) is 5.50. The molecule has 1 saturated carbocycles. The number of carbonyl (C=O) groups is 2. The molecule has 3 unspecified atom stereocenters. The number of amides is 2. The van der Waals surface area contributed by atoms with E-state index in [0.717, 1.165) is 52.1 Å². The number of piperidine rings is 1. The fourth-order valence-corrected chi connectivity index (χ4v) is 9.33. The van der Waals surface area contributed by atoms with Crippen LogP contribution < -0.4 is 5.32 Å². The minimum atomic E-state index is -0.511. The molecule has 5 heterocycles. The van der Waals surface area contributed by atoms with Gasteiger partial charge in [0, 0.05) is 68.0 Å². The first-order valence-electron chi connectivity index (χ1n) is 16.5. The maximum atomic E-state index is 14.0. The smallest absolute Gasteiger partial charge is 0.320 e. The van der Waals surface area contributed by atoms with Gasteiger partial charge in [-0.05, 0) is 88.7 Å². The third-order valence-corrected chi connectivity index (χ3v) is 12.1. The number of piperazine rings is 1.